The van der Waals surface area contributed by atoms with E-state index in [0.29, 0.717) is 12.1 Å². The number of oxime groups is 1. The third kappa shape index (κ3) is 4.54. The Morgan fingerprint density at radius 1 is 1.05 bits per heavy atom. The molecule has 19 heavy (non-hydrogen) atoms. The zero-order valence-electron chi connectivity index (χ0n) is 11.2. The molecule has 0 amide bonds. The predicted molar refractivity (Wildman–Crippen MR) is 76.2 cm³/mol. The molecular weight excluding hydrogens is 241 g/mol. The highest BCUT2D eigenvalue weighted by atomic mass is 19.1. The molecule has 0 aliphatic heterocycles. The van der Waals surface area contributed by atoms with Gasteiger partial charge < -0.3 is 5.21 Å². The van der Waals surface area contributed by atoms with Gasteiger partial charge in [-0.1, -0.05) is 61.5 Å². The molecule has 0 fully saturated rings. The van der Waals surface area contributed by atoms with Gasteiger partial charge in [-0.2, -0.15) is 0 Å². The Bertz CT molecular complexity index is 523. The van der Waals surface area contributed by atoms with Crippen molar-refractivity contribution in [3.8, 4) is 0 Å². The maximum atomic E-state index is 13.0. The summed E-state index contributed by atoms with van der Waals surface area (Å²) in [7, 11) is 0. The molecule has 0 aromatic heterocycles. The minimum Gasteiger partial charge on any atom is -0.411 e. The van der Waals surface area contributed by atoms with Crippen LogP contribution >= 0.6 is 0 Å². The smallest absolute Gasteiger partial charge is 0.123 e. The molecule has 100 valence electrons. The van der Waals surface area contributed by atoms with E-state index in [2.05, 4.69) is 5.16 Å². The molecule has 0 aliphatic rings. The molecule has 2 rings (SSSR count). The van der Waals surface area contributed by atoms with E-state index in [9.17, 15) is 4.39 Å². The average Bonchev–Trinajstić information content (AvgIpc) is 2.48. The number of hydrogen-bond donors (Lipinski definition) is 1. The van der Waals surface area contributed by atoms with E-state index in [1.165, 1.54) is 12.1 Å². The van der Waals surface area contributed by atoms with Crippen LogP contribution in [0.2, 0.25) is 0 Å². The number of rotatable bonds is 3. The first-order valence-corrected chi connectivity index (χ1v) is 6.30. The van der Waals surface area contributed by atoms with Crippen molar-refractivity contribution in [2.75, 3.05) is 0 Å². The van der Waals surface area contributed by atoms with E-state index in [-0.39, 0.29) is 5.82 Å². The third-order valence-corrected chi connectivity index (χ3v) is 2.49. The number of nitrogens with zero attached hydrogens (tertiary/aromatic N) is 1. The van der Waals surface area contributed by atoms with Crippen LogP contribution in [0.15, 0.2) is 59.8 Å². The molecule has 2 aromatic rings. The van der Waals surface area contributed by atoms with E-state index < -0.39 is 0 Å². The molecule has 0 bridgehead atoms. The molecular formula is C16H18FNO. The molecule has 0 atom stereocenters. The fraction of sp³-hybridized carbons (Fsp3) is 0.188. The highest BCUT2D eigenvalue weighted by Crippen LogP contribution is 2.09. The van der Waals surface area contributed by atoms with Gasteiger partial charge in [-0.05, 0) is 23.3 Å². The quantitative estimate of drug-likeness (QED) is 0.498. The summed E-state index contributed by atoms with van der Waals surface area (Å²) in [6.45, 7) is 4.00. The topological polar surface area (TPSA) is 32.6 Å². The van der Waals surface area contributed by atoms with Gasteiger partial charge in [0.1, 0.15) is 5.82 Å². The van der Waals surface area contributed by atoms with Gasteiger partial charge >= 0.3 is 0 Å². The van der Waals surface area contributed by atoms with Crippen molar-refractivity contribution in [2.45, 2.75) is 20.3 Å². The molecule has 1 N–H and O–H groups in total. The standard InChI is InChI=1S/C14H12FNO.C2H6/c15-13-8-4-5-11(9-13)10-14(16-17)12-6-2-1-3-7-12;1-2/h1-9,17H,10H2;1-2H3. The summed E-state index contributed by atoms with van der Waals surface area (Å²) >= 11 is 0. The van der Waals surface area contributed by atoms with Crippen molar-refractivity contribution >= 4 is 5.71 Å². The van der Waals surface area contributed by atoms with E-state index in [1.807, 2.05) is 44.2 Å². The van der Waals surface area contributed by atoms with Crippen LogP contribution in [-0.2, 0) is 6.42 Å². The van der Waals surface area contributed by atoms with Gasteiger partial charge in [0.2, 0.25) is 0 Å². The summed E-state index contributed by atoms with van der Waals surface area (Å²) in [5.74, 6) is -0.284. The van der Waals surface area contributed by atoms with Gasteiger partial charge in [0, 0.05) is 6.42 Å². The second-order valence-corrected chi connectivity index (χ2v) is 3.72. The first-order chi connectivity index (χ1) is 9.29. The SMILES string of the molecule is CC.ON=C(Cc1cccc(F)c1)c1ccccc1. The Morgan fingerprint density at radius 3 is 2.32 bits per heavy atom. The molecule has 2 nitrogen and oxygen atoms in total. The highest BCUT2D eigenvalue weighted by molar-refractivity contribution is 6.01. The second kappa shape index (κ2) is 8.03. The fourth-order valence-corrected chi connectivity index (χ4v) is 1.67. The summed E-state index contributed by atoms with van der Waals surface area (Å²) in [4.78, 5) is 0. The van der Waals surface area contributed by atoms with Crippen molar-refractivity contribution < 1.29 is 9.60 Å². The Hall–Kier alpha value is -2.16. The van der Waals surface area contributed by atoms with Gasteiger partial charge in [-0.15, -0.1) is 0 Å². The largest absolute Gasteiger partial charge is 0.411 e. The molecule has 0 spiro atoms. The van der Waals surface area contributed by atoms with Crippen molar-refractivity contribution in [1.82, 2.24) is 0 Å². The molecule has 0 saturated heterocycles. The monoisotopic (exact) mass is 259 g/mol. The van der Waals surface area contributed by atoms with Crippen LogP contribution in [0.25, 0.3) is 0 Å². The van der Waals surface area contributed by atoms with Gasteiger partial charge in [-0.3, -0.25) is 0 Å². The van der Waals surface area contributed by atoms with Crippen molar-refractivity contribution in [3.05, 3.63) is 71.5 Å². The van der Waals surface area contributed by atoms with Crippen molar-refractivity contribution in [2.24, 2.45) is 5.16 Å². The zero-order valence-corrected chi connectivity index (χ0v) is 11.2. The first-order valence-electron chi connectivity index (χ1n) is 6.30. The van der Waals surface area contributed by atoms with Crippen LogP contribution in [0, 0.1) is 5.82 Å². The Balaban J connectivity index is 0.000000861. The lowest BCUT2D eigenvalue weighted by atomic mass is 10.0. The summed E-state index contributed by atoms with van der Waals surface area (Å²) < 4.78 is 13.0. The Labute approximate surface area is 113 Å². The Kier molecular flexibility index (Phi) is 6.30. The van der Waals surface area contributed by atoms with Crippen LogP contribution in [0.4, 0.5) is 4.39 Å². The summed E-state index contributed by atoms with van der Waals surface area (Å²) in [5.41, 5.74) is 2.14. The first kappa shape index (κ1) is 14.9. The lowest BCUT2D eigenvalue weighted by molar-refractivity contribution is 0.318. The molecule has 2 aromatic carbocycles. The summed E-state index contributed by atoms with van der Waals surface area (Å²) in [6.07, 6.45) is 0.401. The Morgan fingerprint density at radius 2 is 1.74 bits per heavy atom. The van der Waals surface area contributed by atoms with E-state index in [0.717, 1.165) is 11.1 Å². The van der Waals surface area contributed by atoms with E-state index in [1.54, 1.807) is 12.1 Å². The maximum absolute atomic E-state index is 13.0. The van der Waals surface area contributed by atoms with Gasteiger partial charge in [0.15, 0.2) is 0 Å². The van der Waals surface area contributed by atoms with Gasteiger partial charge in [0.25, 0.3) is 0 Å². The van der Waals surface area contributed by atoms with Crippen molar-refractivity contribution in [1.29, 1.82) is 0 Å². The average molecular weight is 259 g/mol. The summed E-state index contributed by atoms with van der Waals surface area (Å²) in [6, 6.07) is 15.6. The lowest BCUT2D eigenvalue weighted by Gasteiger charge is -2.04. The maximum Gasteiger partial charge on any atom is 0.123 e. The van der Waals surface area contributed by atoms with Crippen LogP contribution in [-0.4, -0.2) is 10.9 Å². The number of halogens is 1. The van der Waals surface area contributed by atoms with E-state index >= 15 is 0 Å². The van der Waals surface area contributed by atoms with Crippen LogP contribution in [0.1, 0.15) is 25.0 Å². The molecule has 0 saturated carbocycles. The number of benzene rings is 2. The molecule has 0 unspecified atom stereocenters. The summed E-state index contributed by atoms with van der Waals surface area (Å²) in [5, 5.41) is 12.3. The van der Waals surface area contributed by atoms with Crippen LogP contribution in [0.3, 0.4) is 0 Å². The van der Waals surface area contributed by atoms with Gasteiger partial charge in [0.05, 0.1) is 5.71 Å². The molecule has 0 heterocycles. The fourth-order valence-electron chi connectivity index (χ4n) is 1.67. The predicted octanol–water partition coefficient (Wildman–Crippen LogP) is 4.27. The highest BCUT2D eigenvalue weighted by Gasteiger charge is 2.05. The molecule has 0 aliphatic carbocycles. The second-order valence-electron chi connectivity index (χ2n) is 3.72. The van der Waals surface area contributed by atoms with E-state index in [4.69, 9.17) is 5.21 Å². The van der Waals surface area contributed by atoms with Crippen LogP contribution in [0.5, 0.6) is 0 Å². The number of hydrogen-bond acceptors (Lipinski definition) is 2. The van der Waals surface area contributed by atoms with Crippen molar-refractivity contribution in [3.63, 3.8) is 0 Å². The minimum absolute atomic E-state index is 0.284. The molecule has 0 radical (unpaired) electrons. The van der Waals surface area contributed by atoms with Gasteiger partial charge in [-0.25, -0.2) is 4.39 Å². The third-order valence-electron chi connectivity index (χ3n) is 2.49. The lowest BCUT2D eigenvalue weighted by Crippen LogP contribution is -2.05. The normalized spacial score (nSPS) is 10.6. The molecule has 3 heteroatoms. The van der Waals surface area contributed by atoms with Crippen LogP contribution < -0.4 is 0 Å². The zero-order chi connectivity index (χ0) is 14.1. The minimum atomic E-state index is -0.284.